The van der Waals surface area contributed by atoms with Crippen LogP contribution in [0.5, 0.6) is 17.2 Å². The van der Waals surface area contributed by atoms with Crippen molar-refractivity contribution in [2.45, 2.75) is 18.6 Å². The van der Waals surface area contributed by atoms with Crippen LogP contribution >= 0.6 is 0 Å². The fourth-order valence-electron chi connectivity index (χ4n) is 2.05. The number of Topliss-reactive ketones (excluding diaryl/α,β-unsaturated/α-hetero) is 1. The Morgan fingerprint density at radius 2 is 1.62 bits per heavy atom. The summed E-state index contributed by atoms with van der Waals surface area (Å²) in [5.74, 6) is 1.90. The molecule has 0 amide bonds. The Labute approximate surface area is 123 Å². The van der Waals surface area contributed by atoms with Crippen LogP contribution in [-0.2, 0) is 14.3 Å². The number of rotatable bonds is 8. The second-order valence-corrected chi connectivity index (χ2v) is 4.66. The SMILES string of the molecule is COCCOC1C(=O)CC1Oc1cc(OC)cc(OC)c1. The first-order valence-corrected chi connectivity index (χ1v) is 6.71. The summed E-state index contributed by atoms with van der Waals surface area (Å²) in [6.45, 7) is 0.817. The Morgan fingerprint density at radius 1 is 1.00 bits per heavy atom. The van der Waals surface area contributed by atoms with E-state index in [0.29, 0.717) is 36.9 Å². The fourth-order valence-corrected chi connectivity index (χ4v) is 2.05. The second kappa shape index (κ2) is 7.28. The van der Waals surface area contributed by atoms with E-state index < -0.39 is 6.10 Å². The summed E-state index contributed by atoms with van der Waals surface area (Å²) >= 11 is 0. The molecule has 6 heteroatoms. The average molecular weight is 296 g/mol. The molecule has 1 aromatic carbocycles. The van der Waals surface area contributed by atoms with Crippen LogP contribution in [0.4, 0.5) is 0 Å². The van der Waals surface area contributed by atoms with Crippen LogP contribution in [0, 0.1) is 0 Å². The molecule has 0 aliphatic heterocycles. The highest BCUT2D eigenvalue weighted by molar-refractivity contribution is 5.90. The summed E-state index contributed by atoms with van der Waals surface area (Å²) in [4.78, 5) is 11.6. The van der Waals surface area contributed by atoms with Gasteiger partial charge in [0, 0.05) is 31.7 Å². The van der Waals surface area contributed by atoms with Gasteiger partial charge in [-0.05, 0) is 0 Å². The lowest BCUT2D eigenvalue weighted by atomic mass is 9.90. The molecule has 1 aliphatic rings. The summed E-state index contributed by atoms with van der Waals surface area (Å²) < 4.78 is 26.5. The Balaban J connectivity index is 1.99. The lowest BCUT2D eigenvalue weighted by molar-refractivity contribution is -0.156. The zero-order chi connectivity index (χ0) is 15.2. The number of ketones is 1. The third kappa shape index (κ3) is 3.86. The van der Waals surface area contributed by atoms with E-state index in [1.165, 1.54) is 0 Å². The first-order valence-electron chi connectivity index (χ1n) is 6.71. The molecule has 116 valence electrons. The van der Waals surface area contributed by atoms with E-state index in [1.807, 2.05) is 0 Å². The number of benzene rings is 1. The van der Waals surface area contributed by atoms with Crippen LogP contribution in [0.1, 0.15) is 6.42 Å². The van der Waals surface area contributed by atoms with Crippen molar-refractivity contribution in [2.75, 3.05) is 34.5 Å². The molecular formula is C15H20O6. The van der Waals surface area contributed by atoms with Crippen LogP contribution in [0.15, 0.2) is 18.2 Å². The lowest BCUT2D eigenvalue weighted by Gasteiger charge is -2.34. The normalized spacial score (nSPS) is 20.8. The molecule has 2 atom stereocenters. The number of hydrogen-bond donors (Lipinski definition) is 0. The predicted octanol–water partition coefficient (Wildman–Crippen LogP) is 1.46. The summed E-state index contributed by atoms with van der Waals surface area (Å²) in [5, 5.41) is 0. The Kier molecular flexibility index (Phi) is 5.41. The van der Waals surface area contributed by atoms with Gasteiger partial charge in [-0.25, -0.2) is 0 Å². The molecule has 2 rings (SSSR count). The van der Waals surface area contributed by atoms with Gasteiger partial charge in [-0.1, -0.05) is 0 Å². The van der Waals surface area contributed by atoms with Gasteiger partial charge in [-0.3, -0.25) is 4.79 Å². The summed E-state index contributed by atoms with van der Waals surface area (Å²) in [5.41, 5.74) is 0. The molecule has 1 fully saturated rings. The zero-order valence-corrected chi connectivity index (χ0v) is 12.5. The maximum absolute atomic E-state index is 11.6. The molecule has 1 aliphatic carbocycles. The van der Waals surface area contributed by atoms with E-state index in [0.717, 1.165) is 0 Å². The topological polar surface area (TPSA) is 63.2 Å². The highest BCUT2D eigenvalue weighted by Gasteiger charge is 2.42. The predicted molar refractivity (Wildman–Crippen MR) is 75.2 cm³/mol. The van der Waals surface area contributed by atoms with E-state index in [-0.39, 0.29) is 11.9 Å². The minimum Gasteiger partial charge on any atom is -0.496 e. The first kappa shape index (κ1) is 15.6. The van der Waals surface area contributed by atoms with E-state index in [4.69, 9.17) is 23.7 Å². The maximum Gasteiger partial charge on any atom is 0.169 e. The summed E-state index contributed by atoms with van der Waals surface area (Å²) in [6, 6.07) is 5.25. The molecule has 0 heterocycles. The van der Waals surface area contributed by atoms with Crippen molar-refractivity contribution in [1.82, 2.24) is 0 Å². The molecule has 0 spiro atoms. The standard InChI is InChI=1S/C15H20O6/c1-17-4-5-20-15-13(16)9-14(15)21-12-7-10(18-2)6-11(8-12)19-3/h6-8,14-15H,4-5,9H2,1-3H3. The van der Waals surface area contributed by atoms with Crippen LogP contribution in [0.25, 0.3) is 0 Å². The van der Waals surface area contributed by atoms with E-state index in [1.54, 1.807) is 39.5 Å². The van der Waals surface area contributed by atoms with Gasteiger partial charge in [-0.15, -0.1) is 0 Å². The second-order valence-electron chi connectivity index (χ2n) is 4.66. The van der Waals surface area contributed by atoms with Crippen molar-refractivity contribution in [3.05, 3.63) is 18.2 Å². The molecule has 0 aromatic heterocycles. The number of carbonyl (C=O) groups excluding carboxylic acids is 1. The highest BCUT2D eigenvalue weighted by atomic mass is 16.6. The molecule has 0 saturated heterocycles. The molecule has 0 radical (unpaired) electrons. The molecule has 21 heavy (non-hydrogen) atoms. The third-order valence-corrected chi connectivity index (χ3v) is 3.25. The monoisotopic (exact) mass is 296 g/mol. The quantitative estimate of drug-likeness (QED) is 0.677. The average Bonchev–Trinajstić information content (AvgIpc) is 2.50. The van der Waals surface area contributed by atoms with Crippen LogP contribution in [0.3, 0.4) is 0 Å². The number of methoxy groups -OCH3 is 3. The van der Waals surface area contributed by atoms with Gasteiger partial charge in [-0.2, -0.15) is 0 Å². The minimum atomic E-state index is -0.530. The first-order chi connectivity index (χ1) is 10.2. The van der Waals surface area contributed by atoms with Crippen molar-refractivity contribution in [3.8, 4) is 17.2 Å². The molecule has 2 unspecified atom stereocenters. The van der Waals surface area contributed by atoms with Gasteiger partial charge in [0.2, 0.25) is 0 Å². The Hall–Kier alpha value is -1.79. The van der Waals surface area contributed by atoms with Gasteiger partial charge in [0.25, 0.3) is 0 Å². The largest absolute Gasteiger partial charge is 0.496 e. The Morgan fingerprint density at radius 3 is 2.14 bits per heavy atom. The van der Waals surface area contributed by atoms with Crippen LogP contribution in [-0.4, -0.2) is 52.5 Å². The van der Waals surface area contributed by atoms with Crippen molar-refractivity contribution >= 4 is 5.78 Å². The van der Waals surface area contributed by atoms with Gasteiger partial charge >= 0.3 is 0 Å². The molecular weight excluding hydrogens is 276 g/mol. The molecule has 6 nitrogen and oxygen atoms in total. The summed E-state index contributed by atoms with van der Waals surface area (Å²) in [6.07, 6.45) is -0.472. The third-order valence-electron chi connectivity index (χ3n) is 3.25. The van der Waals surface area contributed by atoms with Crippen LogP contribution in [0.2, 0.25) is 0 Å². The van der Waals surface area contributed by atoms with Crippen molar-refractivity contribution < 1.29 is 28.5 Å². The van der Waals surface area contributed by atoms with Gasteiger partial charge in [0.15, 0.2) is 11.9 Å². The molecule has 1 aromatic rings. The number of ether oxygens (including phenoxy) is 5. The fraction of sp³-hybridized carbons (Fsp3) is 0.533. The van der Waals surface area contributed by atoms with E-state index in [2.05, 4.69) is 0 Å². The molecule has 1 saturated carbocycles. The minimum absolute atomic E-state index is 0.0472. The van der Waals surface area contributed by atoms with Gasteiger partial charge in [0.1, 0.15) is 23.4 Å². The number of carbonyl (C=O) groups is 1. The van der Waals surface area contributed by atoms with E-state index in [9.17, 15) is 4.79 Å². The molecule has 0 N–H and O–H groups in total. The van der Waals surface area contributed by atoms with E-state index >= 15 is 0 Å². The smallest absolute Gasteiger partial charge is 0.169 e. The zero-order valence-electron chi connectivity index (χ0n) is 12.5. The van der Waals surface area contributed by atoms with Gasteiger partial charge in [0.05, 0.1) is 27.4 Å². The maximum atomic E-state index is 11.6. The van der Waals surface area contributed by atoms with Crippen molar-refractivity contribution in [2.24, 2.45) is 0 Å². The van der Waals surface area contributed by atoms with Crippen molar-refractivity contribution in [3.63, 3.8) is 0 Å². The van der Waals surface area contributed by atoms with Crippen LogP contribution < -0.4 is 14.2 Å². The summed E-state index contributed by atoms with van der Waals surface area (Å²) in [7, 11) is 4.73. The number of hydrogen-bond acceptors (Lipinski definition) is 6. The van der Waals surface area contributed by atoms with Crippen molar-refractivity contribution in [1.29, 1.82) is 0 Å². The lowest BCUT2D eigenvalue weighted by Crippen LogP contribution is -2.52. The highest BCUT2D eigenvalue weighted by Crippen LogP contribution is 2.31. The Bertz CT molecular complexity index is 465. The van der Waals surface area contributed by atoms with Gasteiger partial charge < -0.3 is 23.7 Å². The molecule has 0 bridgehead atoms.